The van der Waals surface area contributed by atoms with Crippen LogP contribution in [0.2, 0.25) is 0 Å². The van der Waals surface area contributed by atoms with Gasteiger partial charge in [-0.25, -0.2) is 18.6 Å². The van der Waals surface area contributed by atoms with Crippen molar-refractivity contribution in [2.45, 2.75) is 101 Å². The number of rotatable bonds is 4. The number of ether oxygens (including phenoxy) is 3. The van der Waals surface area contributed by atoms with Crippen LogP contribution in [0.25, 0.3) is 32.9 Å². The number of anilines is 1. The van der Waals surface area contributed by atoms with Gasteiger partial charge in [-0.3, -0.25) is 9.80 Å². The maximum atomic E-state index is 17.4. The smallest absolute Gasteiger partial charge is 0.410 e. The van der Waals surface area contributed by atoms with Gasteiger partial charge < -0.3 is 19.1 Å². The average molecular weight is 733 g/mol. The van der Waals surface area contributed by atoms with Gasteiger partial charge in [0.1, 0.15) is 46.5 Å². The van der Waals surface area contributed by atoms with E-state index in [9.17, 15) is 4.79 Å². The van der Waals surface area contributed by atoms with Crippen LogP contribution in [0.5, 0.6) is 11.9 Å². The number of piperazine rings is 1. The second-order valence-corrected chi connectivity index (χ2v) is 17.1. The number of carbonyl (C=O) groups excluding carboxylic acids is 1. The van der Waals surface area contributed by atoms with Gasteiger partial charge in [-0.05, 0) is 77.2 Å². The molecule has 7 atom stereocenters. The Labute approximate surface area is 312 Å². The van der Waals surface area contributed by atoms with Crippen molar-refractivity contribution in [3.05, 3.63) is 59.7 Å². The van der Waals surface area contributed by atoms with Crippen LogP contribution in [0.15, 0.2) is 42.5 Å². The molecule has 0 N–H and O–H groups in total. The van der Waals surface area contributed by atoms with Crippen molar-refractivity contribution in [1.29, 1.82) is 0 Å². The van der Waals surface area contributed by atoms with E-state index < -0.39 is 23.3 Å². The van der Waals surface area contributed by atoms with E-state index in [1.165, 1.54) is 18.1 Å². The lowest BCUT2D eigenvalue weighted by atomic mass is 9.92. The number of nitrogens with zero attached hydrogens (tertiary/aromatic N) is 6. The number of benzene rings is 2. The molecule has 2 aromatic carbocycles. The molecule has 4 aromatic rings. The molecule has 2 bridgehead atoms. The summed E-state index contributed by atoms with van der Waals surface area (Å²) in [6, 6.07) is 7.99. The number of hydrogen-bond donors (Lipinski definition) is 0. The molecule has 1 saturated carbocycles. The summed E-state index contributed by atoms with van der Waals surface area (Å²) in [6.07, 6.45) is 9.51. The number of hydrogen-bond acceptors (Lipinski definition) is 9. The molecule has 10 nitrogen and oxygen atoms in total. The SMILES string of the molecule is C#Cc1c(F)ccc2cccc(-c3nc4c5c(nc(OCC67CC(=C)CN6[C@H]6C[C@H]6C7)nc5c3F)N3C[C@H]5CC[C@@H]([C@H]3[C@H](C)O4)N5C(=O)OC(C)(C)C)c12. The van der Waals surface area contributed by atoms with E-state index in [0.717, 1.165) is 32.2 Å². The van der Waals surface area contributed by atoms with E-state index in [1.54, 1.807) is 24.3 Å². The zero-order valence-corrected chi connectivity index (χ0v) is 30.9. The van der Waals surface area contributed by atoms with Gasteiger partial charge in [-0.15, -0.1) is 6.42 Å². The first kappa shape index (κ1) is 33.5. The lowest BCUT2D eigenvalue weighted by Crippen LogP contribution is -2.65. The molecule has 6 aliphatic rings. The number of carbonyl (C=O) groups is 1. The van der Waals surface area contributed by atoms with E-state index in [1.807, 2.05) is 32.6 Å². The van der Waals surface area contributed by atoms with Crippen molar-refractivity contribution in [2.24, 2.45) is 5.92 Å². The quantitative estimate of drug-likeness (QED) is 0.162. The summed E-state index contributed by atoms with van der Waals surface area (Å²) < 4.78 is 51.7. The van der Waals surface area contributed by atoms with Crippen LogP contribution < -0.4 is 14.4 Å². The van der Waals surface area contributed by atoms with Crippen molar-refractivity contribution in [3.8, 4) is 35.5 Å². The highest BCUT2D eigenvalue weighted by Crippen LogP contribution is 2.57. The number of piperidine rings is 1. The summed E-state index contributed by atoms with van der Waals surface area (Å²) in [5.41, 5.74) is 0.577. The van der Waals surface area contributed by atoms with Crippen LogP contribution >= 0.6 is 0 Å². The minimum absolute atomic E-state index is 0.0140. The first-order valence-electron chi connectivity index (χ1n) is 18.9. The molecule has 278 valence electrons. The van der Waals surface area contributed by atoms with Gasteiger partial charge in [0.2, 0.25) is 5.88 Å². The van der Waals surface area contributed by atoms with E-state index in [4.69, 9.17) is 35.6 Å². The molecule has 54 heavy (non-hydrogen) atoms. The summed E-state index contributed by atoms with van der Waals surface area (Å²) in [5, 5.41) is 1.33. The normalized spacial score (nSPS) is 29.4. The zero-order chi connectivity index (χ0) is 37.4. The van der Waals surface area contributed by atoms with Crippen LogP contribution in [0.3, 0.4) is 0 Å². The Hall–Kier alpha value is -5.02. The minimum atomic E-state index is -0.719. The molecular weight excluding hydrogens is 690 g/mol. The monoisotopic (exact) mass is 732 g/mol. The second kappa shape index (κ2) is 11.5. The Balaban J connectivity index is 1.14. The van der Waals surface area contributed by atoms with Gasteiger partial charge in [0.15, 0.2) is 5.82 Å². The Morgan fingerprint density at radius 3 is 2.76 bits per heavy atom. The highest BCUT2D eigenvalue weighted by Gasteiger charge is 2.62. The summed E-state index contributed by atoms with van der Waals surface area (Å²) >= 11 is 0. The molecule has 5 aliphatic heterocycles. The Bertz CT molecular complexity index is 2360. The Kier molecular flexibility index (Phi) is 7.14. The molecular formula is C42H42F2N6O4. The van der Waals surface area contributed by atoms with Crippen molar-refractivity contribution >= 4 is 33.6 Å². The van der Waals surface area contributed by atoms with Crippen molar-refractivity contribution in [1.82, 2.24) is 24.8 Å². The highest BCUT2D eigenvalue weighted by molar-refractivity contribution is 6.03. The first-order valence-corrected chi connectivity index (χ1v) is 18.9. The number of pyridine rings is 1. The van der Waals surface area contributed by atoms with Gasteiger partial charge in [0.05, 0.1) is 29.2 Å². The third-order valence-corrected chi connectivity index (χ3v) is 12.4. The number of halogens is 2. The molecule has 0 radical (unpaired) electrons. The molecule has 1 aliphatic carbocycles. The molecule has 0 spiro atoms. The fourth-order valence-corrected chi connectivity index (χ4v) is 10.4. The van der Waals surface area contributed by atoms with E-state index in [0.29, 0.717) is 52.7 Å². The molecule has 12 heteroatoms. The van der Waals surface area contributed by atoms with Gasteiger partial charge in [0.25, 0.3) is 0 Å². The third kappa shape index (κ3) is 4.93. The highest BCUT2D eigenvalue weighted by atomic mass is 19.1. The second-order valence-electron chi connectivity index (χ2n) is 17.1. The van der Waals surface area contributed by atoms with Crippen molar-refractivity contribution < 1.29 is 27.8 Å². The van der Waals surface area contributed by atoms with Gasteiger partial charge >= 0.3 is 12.1 Å². The van der Waals surface area contributed by atoms with Gasteiger partial charge in [-0.2, -0.15) is 9.97 Å². The predicted octanol–water partition coefficient (Wildman–Crippen LogP) is 7.01. The van der Waals surface area contributed by atoms with Crippen LogP contribution in [-0.2, 0) is 4.74 Å². The van der Waals surface area contributed by atoms with Gasteiger partial charge in [0, 0.05) is 30.1 Å². The fraction of sp³-hybridized carbons (Fsp3) is 0.476. The number of aromatic nitrogens is 3. The molecule has 5 fully saturated rings. The summed E-state index contributed by atoms with van der Waals surface area (Å²) in [6.45, 7) is 13.5. The zero-order valence-electron chi connectivity index (χ0n) is 30.9. The Morgan fingerprint density at radius 1 is 1.13 bits per heavy atom. The lowest BCUT2D eigenvalue weighted by molar-refractivity contribution is 0.000937. The summed E-state index contributed by atoms with van der Waals surface area (Å²) in [7, 11) is 0. The van der Waals surface area contributed by atoms with Crippen molar-refractivity contribution in [3.63, 3.8) is 0 Å². The molecule has 10 rings (SSSR count). The lowest BCUT2D eigenvalue weighted by Gasteiger charge is -2.48. The van der Waals surface area contributed by atoms with E-state index in [-0.39, 0.29) is 58.4 Å². The molecule has 4 saturated heterocycles. The topological polar surface area (TPSA) is 93.2 Å². The molecule has 1 amide bonds. The van der Waals surface area contributed by atoms with E-state index in [2.05, 4.69) is 22.3 Å². The van der Waals surface area contributed by atoms with Crippen LogP contribution in [0.4, 0.5) is 19.4 Å². The minimum Gasteiger partial charge on any atom is -0.472 e. The van der Waals surface area contributed by atoms with Crippen molar-refractivity contribution in [2.75, 3.05) is 24.6 Å². The number of fused-ring (bicyclic) bond motifs is 9. The summed E-state index contributed by atoms with van der Waals surface area (Å²) in [4.78, 5) is 34.8. The largest absolute Gasteiger partial charge is 0.472 e. The van der Waals surface area contributed by atoms with E-state index >= 15 is 8.78 Å². The standard InChI is InChI=1S/C42H42F2N6O4/c1-7-26-28(43)13-11-23-9-8-10-27(31(23)26)34-33(44)35-32-37(47-39(46-35)52-20-42-16-21(2)18-49(42)30-15-24(30)17-42)48-19-25-12-14-29(36(48)22(3)53-38(32)45-34)50(25)40(51)54-41(4,5)6/h1,8-11,13,22,24-25,29-30,36H,2,12,14-20H2,3-6H3/t22-,24-,25+,29-,30-,36+,42?/m0/s1. The fourth-order valence-electron chi connectivity index (χ4n) is 10.4. The maximum absolute atomic E-state index is 17.4. The molecule has 1 unspecified atom stereocenters. The van der Waals surface area contributed by atoms with Gasteiger partial charge in [-0.1, -0.05) is 42.3 Å². The third-order valence-electron chi connectivity index (χ3n) is 12.4. The molecule has 7 heterocycles. The van der Waals surface area contributed by atoms with Crippen LogP contribution in [0, 0.1) is 29.9 Å². The first-order chi connectivity index (χ1) is 25.8. The predicted molar refractivity (Wildman–Crippen MR) is 199 cm³/mol. The molecule has 2 aromatic heterocycles. The van der Waals surface area contributed by atoms with Crippen LogP contribution in [0.1, 0.15) is 65.4 Å². The number of amides is 1. The van der Waals surface area contributed by atoms with Crippen LogP contribution in [-0.4, -0.2) is 92.0 Å². The maximum Gasteiger partial charge on any atom is 0.410 e. The number of terminal acetylenes is 1. The summed E-state index contributed by atoms with van der Waals surface area (Å²) in [5.74, 6) is 2.41. The Morgan fingerprint density at radius 2 is 1.96 bits per heavy atom. The average Bonchev–Trinajstić information content (AvgIpc) is 3.60.